The molecule has 0 radical (unpaired) electrons. The van der Waals surface area contributed by atoms with E-state index in [1.807, 2.05) is 35.7 Å². The molecule has 27 heavy (non-hydrogen) atoms. The minimum Gasteiger partial charge on any atom is -0.306 e. The molecule has 0 saturated heterocycles. The minimum absolute atomic E-state index is 0.271. The lowest BCUT2D eigenvalue weighted by Crippen LogP contribution is -2.14. The highest BCUT2D eigenvalue weighted by Gasteiger charge is 2.19. The summed E-state index contributed by atoms with van der Waals surface area (Å²) in [6, 6.07) is 12.6. The molecule has 3 aromatic heterocycles. The average Bonchev–Trinajstić information content (AvgIpc) is 3.04. The normalized spacial score (nSPS) is 10.9. The van der Waals surface area contributed by atoms with Crippen LogP contribution in [-0.2, 0) is 0 Å². The number of carbonyl (C=O) groups is 1. The van der Waals surface area contributed by atoms with Gasteiger partial charge in [0, 0.05) is 24.2 Å². The predicted octanol–water partition coefficient (Wildman–Crippen LogP) is 5.26. The highest BCUT2D eigenvalue weighted by Crippen LogP contribution is 2.33. The van der Waals surface area contributed by atoms with Crippen molar-refractivity contribution >= 4 is 40.6 Å². The highest BCUT2D eigenvalue weighted by molar-refractivity contribution is 6.42. The van der Waals surface area contributed by atoms with Gasteiger partial charge < -0.3 is 5.32 Å². The molecule has 1 N–H and O–H groups in total. The third-order valence-electron chi connectivity index (χ3n) is 4.19. The number of rotatable bonds is 3. The van der Waals surface area contributed by atoms with Crippen LogP contribution in [0.3, 0.4) is 0 Å². The Hall–Kier alpha value is -2.89. The van der Waals surface area contributed by atoms with Gasteiger partial charge in [-0.2, -0.15) is 0 Å². The van der Waals surface area contributed by atoms with Crippen LogP contribution in [0.5, 0.6) is 0 Å². The van der Waals surface area contributed by atoms with Gasteiger partial charge in [-0.05, 0) is 42.8 Å². The number of amides is 1. The molecule has 0 aliphatic heterocycles. The molecule has 0 bridgehead atoms. The van der Waals surface area contributed by atoms with E-state index in [9.17, 15) is 4.79 Å². The molecule has 4 rings (SSSR count). The third-order valence-corrected chi connectivity index (χ3v) is 4.93. The fraction of sp³-hybridized carbons (Fsp3) is 0.0500. The van der Waals surface area contributed by atoms with E-state index in [1.54, 1.807) is 30.5 Å². The Bertz CT molecular complexity index is 1160. The quantitative estimate of drug-likeness (QED) is 0.513. The van der Waals surface area contributed by atoms with E-state index in [0.29, 0.717) is 27.1 Å². The van der Waals surface area contributed by atoms with Crippen LogP contribution in [0, 0.1) is 6.92 Å². The maximum absolute atomic E-state index is 12.7. The number of nitrogens with zero attached hydrogens (tertiary/aromatic N) is 3. The van der Waals surface area contributed by atoms with Gasteiger partial charge in [-0.15, -0.1) is 0 Å². The zero-order valence-electron chi connectivity index (χ0n) is 14.3. The van der Waals surface area contributed by atoms with E-state index in [0.717, 1.165) is 16.8 Å². The van der Waals surface area contributed by atoms with Crippen LogP contribution in [0.15, 0.2) is 61.1 Å². The maximum Gasteiger partial charge on any atom is 0.258 e. The number of carbonyl (C=O) groups excluding carboxylic acids is 1. The number of aryl methyl sites for hydroxylation is 1. The predicted molar refractivity (Wildman–Crippen MR) is 108 cm³/mol. The maximum atomic E-state index is 12.7. The summed E-state index contributed by atoms with van der Waals surface area (Å²) < 4.78 is 1.85. The first-order valence-corrected chi connectivity index (χ1v) is 8.94. The molecule has 0 unspecified atom stereocenters. The zero-order valence-corrected chi connectivity index (χ0v) is 15.8. The monoisotopic (exact) mass is 396 g/mol. The fourth-order valence-corrected chi connectivity index (χ4v) is 3.14. The summed E-state index contributed by atoms with van der Waals surface area (Å²) in [6.07, 6.45) is 4.99. The molecule has 0 atom stereocenters. The van der Waals surface area contributed by atoms with Crippen molar-refractivity contribution in [1.29, 1.82) is 0 Å². The van der Waals surface area contributed by atoms with Gasteiger partial charge in [0.25, 0.3) is 5.91 Å². The number of imidazole rings is 1. The number of fused-ring (bicyclic) bond motifs is 1. The first-order chi connectivity index (χ1) is 13.0. The molecule has 7 heteroatoms. The van der Waals surface area contributed by atoms with Gasteiger partial charge in [-0.1, -0.05) is 35.3 Å². The number of aromatic nitrogens is 3. The molecule has 4 aromatic rings. The number of hydrogen-bond acceptors (Lipinski definition) is 3. The van der Waals surface area contributed by atoms with E-state index in [1.165, 1.54) is 6.20 Å². The third kappa shape index (κ3) is 3.27. The largest absolute Gasteiger partial charge is 0.306 e. The number of hydrogen-bond donors (Lipinski definition) is 1. The minimum atomic E-state index is -0.271. The van der Waals surface area contributed by atoms with Crippen molar-refractivity contribution in [3.05, 3.63) is 82.2 Å². The summed E-state index contributed by atoms with van der Waals surface area (Å²) in [4.78, 5) is 21.4. The van der Waals surface area contributed by atoms with Crippen LogP contribution in [0.2, 0.25) is 10.0 Å². The summed E-state index contributed by atoms with van der Waals surface area (Å²) in [5.41, 5.74) is 3.56. The number of anilines is 1. The Balaban J connectivity index is 1.88. The average molecular weight is 397 g/mol. The Morgan fingerprint density at radius 3 is 2.70 bits per heavy atom. The lowest BCUT2D eigenvalue weighted by molar-refractivity contribution is 0.102. The number of pyridine rings is 2. The van der Waals surface area contributed by atoms with Crippen LogP contribution in [0.4, 0.5) is 5.82 Å². The van der Waals surface area contributed by atoms with Gasteiger partial charge >= 0.3 is 0 Å². The van der Waals surface area contributed by atoms with Gasteiger partial charge in [0.15, 0.2) is 0 Å². The summed E-state index contributed by atoms with van der Waals surface area (Å²) in [5.74, 6) is 0.286. The molecule has 0 aliphatic rings. The lowest BCUT2D eigenvalue weighted by atomic mass is 10.1. The van der Waals surface area contributed by atoms with E-state index >= 15 is 0 Å². The summed E-state index contributed by atoms with van der Waals surface area (Å²) in [7, 11) is 0. The number of halogens is 2. The van der Waals surface area contributed by atoms with E-state index in [2.05, 4.69) is 10.3 Å². The topological polar surface area (TPSA) is 59.3 Å². The second kappa shape index (κ2) is 7.02. The molecule has 0 fully saturated rings. The van der Waals surface area contributed by atoms with Crippen LogP contribution in [-0.4, -0.2) is 20.3 Å². The fourth-order valence-electron chi connectivity index (χ4n) is 2.84. The summed E-state index contributed by atoms with van der Waals surface area (Å²) in [6.45, 7) is 1.97. The first kappa shape index (κ1) is 17.5. The second-order valence-electron chi connectivity index (χ2n) is 6.02. The van der Waals surface area contributed by atoms with E-state index < -0.39 is 0 Å². The number of benzene rings is 1. The SMILES string of the molecule is Cc1cccn2c(NC(=O)c3cccnc3)c(-c3ccc(Cl)c(Cl)c3)nc12. The van der Waals surface area contributed by atoms with Crippen molar-refractivity contribution in [2.75, 3.05) is 5.32 Å². The first-order valence-electron chi connectivity index (χ1n) is 8.19. The molecule has 0 aliphatic carbocycles. The molecule has 1 amide bonds. The summed E-state index contributed by atoms with van der Waals surface area (Å²) in [5, 5.41) is 3.84. The molecule has 0 spiro atoms. The zero-order chi connectivity index (χ0) is 19.0. The van der Waals surface area contributed by atoms with Crippen molar-refractivity contribution in [2.24, 2.45) is 0 Å². The molecular formula is C20H14Cl2N4O. The smallest absolute Gasteiger partial charge is 0.258 e. The lowest BCUT2D eigenvalue weighted by Gasteiger charge is -2.08. The van der Waals surface area contributed by atoms with Gasteiger partial charge in [-0.25, -0.2) is 4.98 Å². The van der Waals surface area contributed by atoms with Crippen LogP contribution in [0.25, 0.3) is 16.9 Å². The van der Waals surface area contributed by atoms with Gasteiger partial charge in [0.05, 0.1) is 15.6 Å². The molecular weight excluding hydrogens is 383 g/mol. The Kier molecular flexibility index (Phi) is 4.56. The number of nitrogens with one attached hydrogen (secondary N) is 1. The van der Waals surface area contributed by atoms with Crippen molar-refractivity contribution in [3.63, 3.8) is 0 Å². The van der Waals surface area contributed by atoms with Crippen LogP contribution >= 0.6 is 23.2 Å². The van der Waals surface area contributed by atoms with E-state index in [4.69, 9.17) is 28.2 Å². The van der Waals surface area contributed by atoms with Crippen molar-refractivity contribution in [2.45, 2.75) is 6.92 Å². The Morgan fingerprint density at radius 1 is 1.11 bits per heavy atom. The van der Waals surface area contributed by atoms with Crippen molar-refractivity contribution in [3.8, 4) is 11.3 Å². The van der Waals surface area contributed by atoms with Crippen LogP contribution < -0.4 is 5.32 Å². The second-order valence-corrected chi connectivity index (χ2v) is 6.83. The van der Waals surface area contributed by atoms with Gasteiger partial charge in [0.2, 0.25) is 0 Å². The Labute approximate surface area is 165 Å². The van der Waals surface area contributed by atoms with Gasteiger partial charge in [0.1, 0.15) is 17.2 Å². The van der Waals surface area contributed by atoms with E-state index in [-0.39, 0.29) is 5.91 Å². The summed E-state index contributed by atoms with van der Waals surface area (Å²) >= 11 is 12.2. The van der Waals surface area contributed by atoms with Crippen molar-refractivity contribution < 1.29 is 4.79 Å². The molecule has 134 valence electrons. The van der Waals surface area contributed by atoms with Crippen LogP contribution in [0.1, 0.15) is 15.9 Å². The Morgan fingerprint density at radius 2 is 1.96 bits per heavy atom. The highest BCUT2D eigenvalue weighted by atomic mass is 35.5. The molecule has 1 aromatic carbocycles. The van der Waals surface area contributed by atoms with Gasteiger partial charge in [-0.3, -0.25) is 14.2 Å². The molecule has 5 nitrogen and oxygen atoms in total. The van der Waals surface area contributed by atoms with Crippen molar-refractivity contribution in [1.82, 2.24) is 14.4 Å². The standard InChI is InChI=1S/C20H14Cl2N4O/c1-12-4-3-9-26-18(12)24-17(13-6-7-15(21)16(22)10-13)19(26)25-20(27)14-5-2-8-23-11-14/h2-11H,1H3,(H,25,27). The molecule has 3 heterocycles. The molecule has 0 saturated carbocycles.